The van der Waals surface area contributed by atoms with Gasteiger partial charge < -0.3 is 15.1 Å². The second-order valence-corrected chi connectivity index (χ2v) is 8.46. The van der Waals surface area contributed by atoms with Crippen LogP contribution in [0.25, 0.3) is 0 Å². The number of hydrogen-bond donors (Lipinski definition) is 1. The minimum atomic E-state index is 0.0602. The van der Waals surface area contributed by atoms with Gasteiger partial charge in [-0.25, -0.2) is 4.79 Å². The fourth-order valence-corrected chi connectivity index (χ4v) is 5.10. The van der Waals surface area contributed by atoms with E-state index >= 15 is 0 Å². The Morgan fingerprint density at radius 3 is 2.26 bits per heavy atom. The number of nitrogens with one attached hydrogen (secondary N) is 1. The van der Waals surface area contributed by atoms with Crippen LogP contribution < -0.4 is 5.32 Å². The predicted molar refractivity (Wildman–Crippen MR) is 90.0 cm³/mol. The summed E-state index contributed by atoms with van der Waals surface area (Å²) in [5.74, 6) is 0.838. The van der Waals surface area contributed by atoms with Crippen molar-refractivity contribution in [3.8, 4) is 0 Å². The molecule has 5 nitrogen and oxygen atoms in total. The van der Waals surface area contributed by atoms with Crippen LogP contribution >= 0.6 is 0 Å². The Bertz CT molecular complexity index is 504. The Labute approximate surface area is 139 Å². The maximum absolute atomic E-state index is 12.7. The molecule has 23 heavy (non-hydrogen) atoms. The minimum absolute atomic E-state index is 0.0602. The van der Waals surface area contributed by atoms with Crippen molar-refractivity contribution in [2.75, 3.05) is 26.2 Å². The van der Waals surface area contributed by atoms with Gasteiger partial charge in [-0.15, -0.1) is 0 Å². The van der Waals surface area contributed by atoms with Gasteiger partial charge in [0.05, 0.1) is 0 Å². The molecule has 1 N–H and O–H groups in total. The molecule has 2 saturated carbocycles. The maximum Gasteiger partial charge on any atom is 0.317 e. The molecule has 130 valence electrons. The number of urea groups is 1. The van der Waals surface area contributed by atoms with E-state index < -0.39 is 0 Å². The molecule has 0 spiro atoms. The molecule has 0 aromatic heterocycles. The van der Waals surface area contributed by atoms with Gasteiger partial charge in [-0.05, 0) is 42.4 Å². The molecule has 0 radical (unpaired) electrons. The molecular formula is C18H31N3O2. The highest BCUT2D eigenvalue weighted by atomic mass is 16.2. The number of carbonyl (C=O) groups is 2. The molecule has 2 bridgehead atoms. The number of nitrogens with zero attached hydrogens (tertiary/aromatic N) is 2. The third-order valence-corrected chi connectivity index (χ3v) is 7.32. The molecule has 5 heteroatoms. The molecule has 1 heterocycles. The van der Waals surface area contributed by atoms with Gasteiger partial charge in [0.1, 0.15) is 0 Å². The first kappa shape index (κ1) is 16.6. The van der Waals surface area contributed by atoms with Crippen LogP contribution in [0.2, 0.25) is 0 Å². The van der Waals surface area contributed by atoms with Crippen LogP contribution in [0.15, 0.2) is 0 Å². The maximum atomic E-state index is 12.7. The molecule has 3 rings (SSSR count). The highest BCUT2D eigenvalue weighted by molar-refractivity contribution is 5.76. The summed E-state index contributed by atoms with van der Waals surface area (Å²) >= 11 is 0. The van der Waals surface area contributed by atoms with Crippen molar-refractivity contribution < 1.29 is 9.59 Å². The SMILES string of the molecule is CC(=O)N1CCCN(C(=O)N[C@H]2C[C@H]3CC[C@@]2(C)C3(C)C)CC1. The lowest BCUT2D eigenvalue weighted by Gasteiger charge is -2.40. The minimum Gasteiger partial charge on any atom is -0.341 e. The zero-order valence-electron chi connectivity index (χ0n) is 15.0. The van der Waals surface area contributed by atoms with Crippen LogP contribution in [0.5, 0.6) is 0 Å². The summed E-state index contributed by atoms with van der Waals surface area (Å²) in [5.41, 5.74) is 0.528. The molecule has 3 amide bonds. The van der Waals surface area contributed by atoms with Gasteiger partial charge in [-0.3, -0.25) is 4.79 Å². The third-order valence-electron chi connectivity index (χ3n) is 7.32. The van der Waals surface area contributed by atoms with Crippen LogP contribution in [0, 0.1) is 16.7 Å². The van der Waals surface area contributed by atoms with Crippen molar-refractivity contribution in [3.05, 3.63) is 0 Å². The van der Waals surface area contributed by atoms with Crippen LogP contribution in [0.4, 0.5) is 4.79 Å². The van der Waals surface area contributed by atoms with Gasteiger partial charge in [-0.2, -0.15) is 0 Å². The molecule has 0 aromatic rings. The zero-order chi connectivity index (χ0) is 16.8. The summed E-state index contributed by atoms with van der Waals surface area (Å²) < 4.78 is 0. The van der Waals surface area contributed by atoms with E-state index in [-0.39, 0.29) is 23.4 Å². The average molecular weight is 321 g/mol. The van der Waals surface area contributed by atoms with E-state index in [0.717, 1.165) is 31.8 Å². The lowest BCUT2D eigenvalue weighted by atomic mass is 9.69. The lowest BCUT2D eigenvalue weighted by molar-refractivity contribution is -0.128. The highest BCUT2D eigenvalue weighted by Crippen LogP contribution is 2.65. The summed E-state index contributed by atoms with van der Waals surface area (Å²) in [4.78, 5) is 28.0. The molecule has 1 saturated heterocycles. The predicted octanol–water partition coefficient (Wildman–Crippen LogP) is 2.46. The number of rotatable bonds is 1. The molecule has 3 atom stereocenters. The second-order valence-electron chi connectivity index (χ2n) is 8.46. The molecule has 2 aliphatic carbocycles. The second kappa shape index (κ2) is 5.67. The molecule has 0 aromatic carbocycles. The molecule has 3 aliphatic rings. The normalized spacial score (nSPS) is 36.0. The van der Waals surface area contributed by atoms with Crippen LogP contribution in [0.1, 0.15) is 53.4 Å². The van der Waals surface area contributed by atoms with E-state index in [2.05, 4.69) is 26.1 Å². The largest absolute Gasteiger partial charge is 0.341 e. The number of fused-ring (bicyclic) bond motifs is 2. The van der Waals surface area contributed by atoms with Gasteiger partial charge in [0.2, 0.25) is 5.91 Å². The number of carbonyl (C=O) groups excluding carboxylic acids is 2. The monoisotopic (exact) mass is 321 g/mol. The van der Waals surface area contributed by atoms with Crippen molar-refractivity contribution >= 4 is 11.9 Å². The van der Waals surface area contributed by atoms with Crippen molar-refractivity contribution in [3.63, 3.8) is 0 Å². The Balaban J connectivity index is 1.61. The lowest BCUT2D eigenvalue weighted by Crippen LogP contribution is -2.52. The quantitative estimate of drug-likeness (QED) is 0.806. The molecule has 3 fully saturated rings. The fourth-order valence-electron chi connectivity index (χ4n) is 5.10. The highest BCUT2D eigenvalue weighted by Gasteiger charge is 2.61. The van der Waals surface area contributed by atoms with Crippen LogP contribution in [0.3, 0.4) is 0 Å². The third kappa shape index (κ3) is 2.62. The van der Waals surface area contributed by atoms with Crippen molar-refractivity contribution in [1.82, 2.24) is 15.1 Å². The van der Waals surface area contributed by atoms with Gasteiger partial charge in [0, 0.05) is 39.1 Å². The fraction of sp³-hybridized carbons (Fsp3) is 0.889. The Kier molecular flexibility index (Phi) is 4.09. The van der Waals surface area contributed by atoms with E-state index in [4.69, 9.17) is 0 Å². The summed E-state index contributed by atoms with van der Waals surface area (Å²) in [6, 6.07) is 0.348. The van der Waals surface area contributed by atoms with E-state index in [1.165, 1.54) is 12.8 Å². The van der Waals surface area contributed by atoms with Crippen molar-refractivity contribution in [2.24, 2.45) is 16.7 Å². The summed E-state index contributed by atoms with van der Waals surface area (Å²) in [6.45, 7) is 11.5. The standard InChI is InChI=1S/C18H31N3O2/c1-13(22)20-8-5-9-21(11-10-20)16(23)19-15-12-14-6-7-18(15,4)17(14,2)3/h14-15H,5-12H2,1-4H3,(H,19,23)/t14-,15+,18-/m1/s1. The summed E-state index contributed by atoms with van der Waals surface area (Å²) in [6.07, 6.45) is 4.49. The number of amides is 3. The molecule has 0 unspecified atom stereocenters. The average Bonchev–Trinajstić information content (AvgIpc) is 2.75. The Morgan fingerprint density at radius 1 is 1.04 bits per heavy atom. The van der Waals surface area contributed by atoms with Gasteiger partial charge in [-0.1, -0.05) is 20.8 Å². The van der Waals surface area contributed by atoms with Crippen LogP contribution in [-0.2, 0) is 4.79 Å². The number of hydrogen-bond acceptors (Lipinski definition) is 2. The Morgan fingerprint density at radius 2 is 1.70 bits per heavy atom. The first-order chi connectivity index (χ1) is 10.8. The zero-order valence-corrected chi connectivity index (χ0v) is 15.0. The van der Waals surface area contributed by atoms with Gasteiger partial charge >= 0.3 is 6.03 Å². The first-order valence-electron chi connectivity index (χ1n) is 9.06. The van der Waals surface area contributed by atoms with E-state index in [1.807, 2.05) is 9.80 Å². The topological polar surface area (TPSA) is 52.7 Å². The van der Waals surface area contributed by atoms with E-state index in [1.54, 1.807) is 6.92 Å². The van der Waals surface area contributed by atoms with E-state index in [0.29, 0.717) is 18.5 Å². The van der Waals surface area contributed by atoms with Crippen molar-refractivity contribution in [2.45, 2.75) is 59.4 Å². The van der Waals surface area contributed by atoms with Crippen LogP contribution in [-0.4, -0.2) is 54.0 Å². The summed E-state index contributed by atoms with van der Waals surface area (Å²) in [5, 5.41) is 3.33. The summed E-state index contributed by atoms with van der Waals surface area (Å²) in [7, 11) is 0. The van der Waals surface area contributed by atoms with Gasteiger partial charge in [0.15, 0.2) is 0 Å². The van der Waals surface area contributed by atoms with E-state index in [9.17, 15) is 9.59 Å². The first-order valence-corrected chi connectivity index (χ1v) is 9.06. The van der Waals surface area contributed by atoms with Crippen molar-refractivity contribution in [1.29, 1.82) is 0 Å². The Hall–Kier alpha value is -1.26. The molecule has 1 aliphatic heterocycles. The van der Waals surface area contributed by atoms with Gasteiger partial charge in [0.25, 0.3) is 0 Å². The molecular weight excluding hydrogens is 290 g/mol. The smallest absolute Gasteiger partial charge is 0.317 e.